The Balaban J connectivity index is 1.18. The van der Waals surface area contributed by atoms with Crippen molar-refractivity contribution in [2.45, 2.75) is 51.1 Å². The highest BCUT2D eigenvalue weighted by Gasteiger charge is 2.30. The maximum atomic E-state index is 12.7. The lowest BCUT2D eigenvalue weighted by Crippen LogP contribution is -2.41. The van der Waals surface area contributed by atoms with Crippen molar-refractivity contribution in [1.82, 2.24) is 10.2 Å². The van der Waals surface area contributed by atoms with Crippen LogP contribution in [0.4, 0.5) is 5.69 Å². The Hall–Kier alpha value is -2.82. The molecule has 1 N–H and O–H groups in total. The van der Waals surface area contributed by atoms with Crippen molar-refractivity contribution in [3.63, 3.8) is 0 Å². The van der Waals surface area contributed by atoms with Gasteiger partial charge in [-0.05, 0) is 47.9 Å². The zero-order valence-electron chi connectivity index (χ0n) is 17.4. The highest BCUT2D eigenvalue weighted by Crippen LogP contribution is 2.39. The summed E-state index contributed by atoms with van der Waals surface area (Å²) in [5, 5.41) is 3.21. The van der Waals surface area contributed by atoms with Crippen LogP contribution in [0.25, 0.3) is 0 Å². The lowest BCUT2D eigenvalue weighted by molar-refractivity contribution is -0.134. The zero-order valence-corrected chi connectivity index (χ0v) is 17.4. The summed E-state index contributed by atoms with van der Waals surface area (Å²) in [5.74, 6) is 0.0548. The molecule has 1 unspecified atom stereocenters. The number of hydrogen-bond donors (Lipinski definition) is 1. The van der Waals surface area contributed by atoms with E-state index in [-0.39, 0.29) is 30.7 Å². The van der Waals surface area contributed by atoms with E-state index in [1.807, 2.05) is 11.0 Å². The molecule has 0 fully saturated rings. The average Bonchev–Trinajstić information content (AvgIpc) is 2.79. The molecule has 3 heterocycles. The molecule has 0 saturated heterocycles. The number of amides is 2. The second kappa shape index (κ2) is 8.13. The van der Waals surface area contributed by atoms with Crippen molar-refractivity contribution in [3.8, 4) is 0 Å². The second-order valence-electron chi connectivity index (χ2n) is 8.69. The molecular weight excluding hydrogens is 374 g/mol. The summed E-state index contributed by atoms with van der Waals surface area (Å²) in [6, 6.07) is 14.8. The molecule has 5 rings (SSSR count). The standard InChI is InChI=1S/C25H29N3O2/c29-23(10-11-24(30)28-15-12-18-5-1-2-6-20(18)17-28)26-22-13-16-27-14-4-8-19-7-3-9-21(22)25(19)27/h1-3,5-7,9,22H,4,8,10-17H2,(H,26,29). The van der Waals surface area contributed by atoms with Crippen LogP contribution in [0.1, 0.15) is 54.0 Å². The zero-order chi connectivity index (χ0) is 20.5. The number of nitrogens with one attached hydrogen (secondary N) is 1. The predicted octanol–water partition coefficient (Wildman–Crippen LogP) is 3.37. The molecule has 2 aromatic rings. The van der Waals surface area contributed by atoms with Gasteiger partial charge in [0.15, 0.2) is 0 Å². The molecule has 0 radical (unpaired) electrons. The molecule has 2 aromatic carbocycles. The molecule has 156 valence electrons. The number of rotatable bonds is 4. The van der Waals surface area contributed by atoms with Gasteiger partial charge in [0.1, 0.15) is 0 Å². The number of benzene rings is 2. The van der Waals surface area contributed by atoms with E-state index < -0.39 is 0 Å². The number of anilines is 1. The van der Waals surface area contributed by atoms with E-state index >= 15 is 0 Å². The molecule has 5 nitrogen and oxygen atoms in total. The van der Waals surface area contributed by atoms with Crippen LogP contribution < -0.4 is 10.2 Å². The quantitative estimate of drug-likeness (QED) is 0.852. The molecule has 0 spiro atoms. The van der Waals surface area contributed by atoms with Gasteiger partial charge in [0.2, 0.25) is 11.8 Å². The van der Waals surface area contributed by atoms with Crippen LogP contribution in [0.15, 0.2) is 42.5 Å². The van der Waals surface area contributed by atoms with Gasteiger partial charge >= 0.3 is 0 Å². The van der Waals surface area contributed by atoms with Gasteiger partial charge in [0.25, 0.3) is 0 Å². The molecule has 2 amide bonds. The Morgan fingerprint density at radius 2 is 1.73 bits per heavy atom. The molecule has 0 saturated carbocycles. The lowest BCUT2D eigenvalue weighted by atomic mass is 9.89. The highest BCUT2D eigenvalue weighted by molar-refractivity contribution is 5.84. The summed E-state index contributed by atoms with van der Waals surface area (Å²) < 4.78 is 0. The Bertz CT molecular complexity index is 971. The van der Waals surface area contributed by atoms with Crippen LogP contribution in [0.2, 0.25) is 0 Å². The number of nitrogens with zero attached hydrogens (tertiary/aromatic N) is 2. The van der Waals surface area contributed by atoms with Crippen molar-refractivity contribution < 1.29 is 9.59 Å². The molecule has 1 atom stereocenters. The van der Waals surface area contributed by atoms with E-state index in [4.69, 9.17) is 0 Å². The van der Waals surface area contributed by atoms with Crippen molar-refractivity contribution in [2.75, 3.05) is 24.5 Å². The third-order valence-electron chi connectivity index (χ3n) is 6.79. The normalized spacial score (nSPS) is 19.7. The summed E-state index contributed by atoms with van der Waals surface area (Å²) >= 11 is 0. The maximum Gasteiger partial charge on any atom is 0.223 e. The van der Waals surface area contributed by atoms with Gasteiger partial charge < -0.3 is 15.1 Å². The Morgan fingerprint density at radius 3 is 2.63 bits per heavy atom. The number of para-hydroxylation sites is 1. The number of fused-ring (bicyclic) bond motifs is 1. The minimum atomic E-state index is -0.0207. The molecule has 0 bridgehead atoms. The number of hydrogen-bond acceptors (Lipinski definition) is 3. The van der Waals surface area contributed by atoms with Crippen molar-refractivity contribution in [3.05, 3.63) is 64.7 Å². The molecule has 5 heteroatoms. The van der Waals surface area contributed by atoms with Crippen LogP contribution in [0.5, 0.6) is 0 Å². The topological polar surface area (TPSA) is 52.7 Å². The van der Waals surface area contributed by atoms with Gasteiger partial charge in [-0.1, -0.05) is 42.5 Å². The van der Waals surface area contributed by atoms with Crippen molar-refractivity contribution in [2.24, 2.45) is 0 Å². The molecule has 3 aliphatic heterocycles. The molecule has 3 aliphatic rings. The monoisotopic (exact) mass is 403 g/mol. The molecule has 30 heavy (non-hydrogen) atoms. The van der Waals surface area contributed by atoms with E-state index in [0.717, 1.165) is 38.9 Å². The first-order valence-electron chi connectivity index (χ1n) is 11.2. The van der Waals surface area contributed by atoms with E-state index in [0.29, 0.717) is 6.54 Å². The first-order valence-corrected chi connectivity index (χ1v) is 11.2. The van der Waals surface area contributed by atoms with Crippen molar-refractivity contribution in [1.29, 1.82) is 0 Å². The molecular formula is C25H29N3O2. The summed E-state index contributed by atoms with van der Waals surface area (Å²) in [6.45, 7) is 3.50. The minimum Gasteiger partial charge on any atom is -0.371 e. The Kier molecular flexibility index (Phi) is 5.19. The van der Waals surface area contributed by atoms with Crippen molar-refractivity contribution >= 4 is 17.5 Å². The van der Waals surface area contributed by atoms with Crippen LogP contribution in [0.3, 0.4) is 0 Å². The lowest BCUT2D eigenvalue weighted by Gasteiger charge is -2.40. The van der Waals surface area contributed by atoms with Gasteiger partial charge in [0, 0.05) is 44.7 Å². The van der Waals surface area contributed by atoms with E-state index in [1.165, 1.54) is 34.4 Å². The fraction of sp³-hybridized carbons (Fsp3) is 0.440. The van der Waals surface area contributed by atoms with Gasteiger partial charge in [-0.25, -0.2) is 0 Å². The van der Waals surface area contributed by atoms with Gasteiger partial charge in [0.05, 0.1) is 6.04 Å². The number of carbonyl (C=O) groups excluding carboxylic acids is 2. The van der Waals surface area contributed by atoms with Crippen LogP contribution >= 0.6 is 0 Å². The number of aryl methyl sites for hydroxylation is 1. The van der Waals surface area contributed by atoms with E-state index in [1.54, 1.807) is 0 Å². The Labute approximate surface area is 178 Å². The van der Waals surface area contributed by atoms with Crippen LogP contribution in [-0.4, -0.2) is 36.3 Å². The largest absolute Gasteiger partial charge is 0.371 e. The van der Waals surface area contributed by atoms with Crippen LogP contribution in [-0.2, 0) is 29.0 Å². The third-order valence-corrected chi connectivity index (χ3v) is 6.79. The fourth-order valence-corrected chi connectivity index (χ4v) is 5.22. The summed E-state index contributed by atoms with van der Waals surface area (Å²) in [7, 11) is 0. The van der Waals surface area contributed by atoms with Gasteiger partial charge in [-0.3, -0.25) is 9.59 Å². The van der Waals surface area contributed by atoms with Gasteiger partial charge in [-0.15, -0.1) is 0 Å². The number of carbonyl (C=O) groups is 2. The van der Waals surface area contributed by atoms with Crippen LogP contribution in [0, 0.1) is 0 Å². The Morgan fingerprint density at radius 1 is 0.900 bits per heavy atom. The second-order valence-corrected chi connectivity index (χ2v) is 8.69. The average molecular weight is 404 g/mol. The highest BCUT2D eigenvalue weighted by atomic mass is 16.2. The first kappa shape index (κ1) is 19.2. The summed E-state index contributed by atoms with van der Waals surface area (Å²) in [4.78, 5) is 29.7. The summed E-state index contributed by atoms with van der Waals surface area (Å²) in [5.41, 5.74) is 6.53. The third kappa shape index (κ3) is 3.69. The smallest absolute Gasteiger partial charge is 0.223 e. The maximum absolute atomic E-state index is 12.7. The van der Waals surface area contributed by atoms with E-state index in [9.17, 15) is 9.59 Å². The fourth-order valence-electron chi connectivity index (χ4n) is 5.22. The summed E-state index contributed by atoms with van der Waals surface area (Å²) in [6.07, 6.45) is 4.68. The van der Waals surface area contributed by atoms with Gasteiger partial charge in [-0.2, -0.15) is 0 Å². The molecule has 0 aromatic heterocycles. The SMILES string of the molecule is O=C(CCC(=O)N1CCc2ccccc2C1)NC1CCN2CCCc3cccc1c32. The minimum absolute atomic E-state index is 0.0207. The first-order chi connectivity index (χ1) is 14.7. The molecule has 0 aliphatic carbocycles. The van der Waals surface area contributed by atoms with E-state index in [2.05, 4.69) is 46.6 Å². The predicted molar refractivity (Wildman–Crippen MR) is 117 cm³/mol.